The maximum atomic E-state index is 12.6. The van der Waals surface area contributed by atoms with Gasteiger partial charge in [0.15, 0.2) is 0 Å². The fraction of sp³-hybridized carbons (Fsp3) is 0.364. The molecule has 0 bridgehead atoms. The molecule has 0 atom stereocenters. The molecule has 0 aliphatic carbocycles. The van der Waals surface area contributed by atoms with Crippen molar-refractivity contribution in [1.29, 1.82) is 0 Å². The van der Waals surface area contributed by atoms with Gasteiger partial charge in [0.2, 0.25) is 0 Å². The molecule has 26 heavy (non-hydrogen) atoms. The van der Waals surface area contributed by atoms with Gasteiger partial charge < -0.3 is 9.30 Å². The van der Waals surface area contributed by atoms with E-state index in [-0.39, 0.29) is 5.97 Å². The fourth-order valence-corrected chi connectivity index (χ4v) is 3.04. The van der Waals surface area contributed by atoms with Crippen LogP contribution in [0, 0.1) is 11.8 Å². The number of nitrogens with zero attached hydrogens (tertiary/aromatic N) is 2. The second kappa shape index (κ2) is 7.73. The summed E-state index contributed by atoms with van der Waals surface area (Å²) in [5.41, 5.74) is 3.93. The number of aromatic nitrogens is 2. The first-order valence-corrected chi connectivity index (χ1v) is 9.16. The van der Waals surface area contributed by atoms with Crippen molar-refractivity contribution in [2.75, 3.05) is 6.61 Å². The number of hydrogen-bond donors (Lipinski definition) is 0. The number of fused-ring (bicyclic) bond motifs is 1. The van der Waals surface area contributed by atoms with Gasteiger partial charge in [-0.25, -0.2) is 4.79 Å². The Morgan fingerprint density at radius 1 is 1.04 bits per heavy atom. The van der Waals surface area contributed by atoms with Crippen LogP contribution >= 0.6 is 0 Å². The Morgan fingerprint density at radius 3 is 2.42 bits per heavy atom. The molecule has 0 spiro atoms. The minimum Gasteiger partial charge on any atom is -0.462 e. The van der Waals surface area contributed by atoms with Crippen molar-refractivity contribution in [3.8, 4) is 11.1 Å². The van der Waals surface area contributed by atoms with E-state index in [1.807, 2.05) is 38.2 Å². The molecular formula is C22H26N2O2. The monoisotopic (exact) mass is 350 g/mol. The van der Waals surface area contributed by atoms with Crippen LogP contribution < -0.4 is 0 Å². The minimum absolute atomic E-state index is 0.247. The highest BCUT2D eigenvalue weighted by molar-refractivity contribution is 6.05. The van der Waals surface area contributed by atoms with Crippen LogP contribution in [0.3, 0.4) is 0 Å². The third-order valence-corrected chi connectivity index (χ3v) is 4.23. The molecule has 0 saturated carbocycles. The molecule has 136 valence electrons. The molecule has 0 saturated heterocycles. The lowest BCUT2D eigenvalue weighted by Gasteiger charge is -2.09. The van der Waals surface area contributed by atoms with Gasteiger partial charge >= 0.3 is 5.97 Å². The molecule has 4 nitrogen and oxygen atoms in total. The summed E-state index contributed by atoms with van der Waals surface area (Å²) in [6.45, 7) is 9.72. The molecule has 0 aliphatic rings. The van der Waals surface area contributed by atoms with Crippen molar-refractivity contribution in [3.63, 3.8) is 0 Å². The lowest BCUT2D eigenvalue weighted by molar-refractivity contribution is 0.0461. The molecule has 0 radical (unpaired) electrons. The summed E-state index contributed by atoms with van der Waals surface area (Å²) >= 11 is 0. The van der Waals surface area contributed by atoms with Crippen LogP contribution in [0.25, 0.3) is 22.0 Å². The first kappa shape index (κ1) is 18.2. The molecule has 2 heterocycles. The molecule has 3 aromatic rings. The van der Waals surface area contributed by atoms with Gasteiger partial charge in [-0.2, -0.15) is 0 Å². The van der Waals surface area contributed by atoms with E-state index in [4.69, 9.17) is 4.74 Å². The Hall–Kier alpha value is -2.62. The molecule has 3 rings (SSSR count). The van der Waals surface area contributed by atoms with E-state index < -0.39 is 0 Å². The highest BCUT2D eigenvalue weighted by atomic mass is 16.5. The van der Waals surface area contributed by atoms with E-state index in [0.29, 0.717) is 24.0 Å². The Labute approximate surface area is 154 Å². The zero-order chi connectivity index (χ0) is 18.7. The summed E-state index contributed by atoms with van der Waals surface area (Å²) in [4.78, 5) is 16.7. The van der Waals surface area contributed by atoms with Crippen LogP contribution in [0.4, 0.5) is 0 Å². The first-order valence-electron chi connectivity index (χ1n) is 9.16. The zero-order valence-electron chi connectivity index (χ0n) is 15.9. The van der Waals surface area contributed by atoms with E-state index in [1.54, 1.807) is 12.4 Å². The number of carbonyl (C=O) groups is 1. The second-order valence-electron chi connectivity index (χ2n) is 7.55. The highest BCUT2D eigenvalue weighted by Crippen LogP contribution is 2.29. The van der Waals surface area contributed by atoms with Crippen LogP contribution in [0.1, 0.15) is 38.1 Å². The fourth-order valence-electron chi connectivity index (χ4n) is 3.04. The van der Waals surface area contributed by atoms with Crippen molar-refractivity contribution in [2.45, 2.75) is 34.2 Å². The van der Waals surface area contributed by atoms with Crippen molar-refractivity contribution < 1.29 is 9.53 Å². The average molecular weight is 350 g/mol. The van der Waals surface area contributed by atoms with Crippen molar-refractivity contribution in [3.05, 3.63) is 54.5 Å². The SMILES string of the molecule is CC(C)COC(=O)c1cn(CC(C)C)c2cc(-c3ccncc3)ccc12. The smallest absolute Gasteiger partial charge is 0.340 e. The highest BCUT2D eigenvalue weighted by Gasteiger charge is 2.18. The third kappa shape index (κ3) is 3.96. The molecule has 0 amide bonds. The van der Waals surface area contributed by atoms with Gasteiger partial charge in [-0.05, 0) is 41.2 Å². The van der Waals surface area contributed by atoms with Gasteiger partial charge in [0.1, 0.15) is 0 Å². The van der Waals surface area contributed by atoms with E-state index in [0.717, 1.165) is 28.6 Å². The average Bonchev–Trinajstić information content (AvgIpc) is 2.97. The first-order chi connectivity index (χ1) is 12.5. The van der Waals surface area contributed by atoms with Crippen LogP contribution in [-0.4, -0.2) is 22.1 Å². The molecule has 1 aromatic carbocycles. The predicted molar refractivity (Wildman–Crippen MR) is 105 cm³/mol. The van der Waals surface area contributed by atoms with Crippen LogP contribution in [0.5, 0.6) is 0 Å². The number of rotatable bonds is 6. The van der Waals surface area contributed by atoms with Gasteiger partial charge in [0.25, 0.3) is 0 Å². The molecule has 2 aromatic heterocycles. The molecule has 0 fully saturated rings. The Bertz CT molecular complexity index is 895. The lowest BCUT2D eigenvalue weighted by Crippen LogP contribution is -2.10. The van der Waals surface area contributed by atoms with E-state index >= 15 is 0 Å². The minimum atomic E-state index is -0.247. The van der Waals surface area contributed by atoms with Crippen LogP contribution in [0.2, 0.25) is 0 Å². The van der Waals surface area contributed by atoms with Crippen LogP contribution in [0.15, 0.2) is 48.9 Å². The van der Waals surface area contributed by atoms with Gasteiger partial charge in [-0.15, -0.1) is 0 Å². The normalized spacial score (nSPS) is 11.5. The van der Waals surface area contributed by atoms with Crippen molar-refractivity contribution >= 4 is 16.9 Å². The Balaban J connectivity index is 2.05. The quantitative estimate of drug-likeness (QED) is 0.576. The summed E-state index contributed by atoms with van der Waals surface area (Å²) in [7, 11) is 0. The van der Waals surface area contributed by atoms with Gasteiger partial charge in [-0.1, -0.05) is 39.8 Å². The van der Waals surface area contributed by atoms with Crippen molar-refractivity contribution in [2.24, 2.45) is 11.8 Å². The van der Waals surface area contributed by atoms with E-state index in [9.17, 15) is 4.79 Å². The van der Waals surface area contributed by atoms with Gasteiger partial charge in [0, 0.05) is 36.0 Å². The third-order valence-electron chi connectivity index (χ3n) is 4.23. The summed E-state index contributed by atoms with van der Waals surface area (Å²) < 4.78 is 7.63. The van der Waals surface area contributed by atoms with Gasteiger partial charge in [0.05, 0.1) is 12.2 Å². The Morgan fingerprint density at radius 2 is 1.77 bits per heavy atom. The number of ether oxygens (including phenoxy) is 1. The van der Waals surface area contributed by atoms with Gasteiger partial charge in [-0.3, -0.25) is 4.98 Å². The molecule has 4 heteroatoms. The molecule has 0 unspecified atom stereocenters. The number of carbonyl (C=O) groups excluding carboxylic acids is 1. The second-order valence-corrected chi connectivity index (χ2v) is 7.55. The molecular weight excluding hydrogens is 324 g/mol. The van der Waals surface area contributed by atoms with E-state index in [1.165, 1.54) is 0 Å². The summed E-state index contributed by atoms with van der Waals surface area (Å²) in [5, 5.41) is 0.942. The standard InChI is InChI=1S/C22H26N2O2/c1-15(2)12-24-13-20(22(25)26-14-16(3)4)19-6-5-18(11-21(19)24)17-7-9-23-10-8-17/h5-11,13,15-16H,12,14H2,1-4H3. The summed E-state index contributed by atoms with van der Waals surface area (Å²) in [6, 6.07) is 10.2. The lowest BCUT2D eigenvalue weighted by atomic mass is 10.0. The summed E-state index contributed by atoms with van der Waals surface area (Å²) in [6.07, 6.45) is 5.52. The zero-order valence-corrected chi connectivity index (χ0v) is 15.9. The Kier molecular flexibility index (Phi) is 5.40. The predicted octanol–water partition coefficient (Wildman–Crippen LogP) is 5.17. The maximum Gasteiger partial charge on any atom is 0.340 e. The number of esters is 1. The number of hydrogen-bond acceptors (Lipinski definition) is 3. The number of benzene rings is 1. The largest absolute Gasteiger partial charge is 0.462 e. The van der Waals surface area contributed by atoms with Crippen LogP contribution in [-0.2, 0) is 11.3 Å². The molecule has 0 N–H and O–H groups in total. The topological polar surface area (TPSA) is 44.1 Å². The van der Waals surface area contributed by atoms with Crippen molar-refractivity contribution in [1.82, 2.24) is 9.55 Å². The van der Waals surface area contributed by atoms with E-state index in [2.05, 4.69) is 35.5 Å². The molecule has 0 aliphatic heterocycles. The summed E-state index contributed by atoms with van der Waals surface area (Å²) in [5.74, 6) is 0.554. The maximum absolute atomic E-state index is 12.6. The number of pyridine rings is 1.